The summed E-state index contributed by atoms with van der Waals surface area (Å²) in [5.74, 6) is 1.58. The molecule has 2 aromatic heterocycles. The average molecular weight is 233 g/mol. The van der Waals surface area contributed by atoms with Gasteiger partial charge < -0.3 is 14.7 Å². The molecule has 1 atom stereocenters. The highest BCUT2D eigenvalue weighted by atomic mass is 16.3. The maximum absolute atomic E-state index is 11.6. The number of hydrogen-bond acceptors (Lipinski definition) is 3. The number of amides is 1. The average Bonchev–Trinajstić information content (AvgIpc) is 2.99. The predicted molar refractivity (Wildman–Crippen MR) is 62.2 cm³/mol. The second kappa shape index (κ2) is 5.34. The standard InChI is InChI=1S/C12H15N3O2/c1-9(12-13-6-7-14-12)15-11(16)5-4-10-3-2-8-17-10/h2-3,6-9H,4-5H2,1H3,(H,13,14)(H,15,16). The molecule has 90 valence electrons. The summed E-state index contributed by atoms with van der Waals surface area (Å²) < 4.78 is 5.16. The molecule has 2 aromatic rings. The van der Waals surface area contributed by atoms with Gasteiger partial charge in [-0.3, -0.25) is 4.79 Å². The summed E-state index contributed by atoms with van der Waals surface area (Å²) in [6.07, 6.45) is 6.04. The Morgan fingerprint density at radius 3 is 3.18 bits per heavy atom. The fourth-order valence-electron chi connectivity index (χ4n) is 1.59. The molecule has 0 saturated carbocycles. The minimum absolute atomic E-state index is 0.00898. The summed E-state index contributed by atoms with van der Waals surface area (Å²) in [5.41, 5.74) is 0. The molecule has 1 amide bonds. The number of nitrogens with zero attached hydrogens (tertiary/aromatic N) is 1. The molecule has 2 N–H and O–H groups in total. The molecule has 0 spiro atoms. The topological polar surface area (TPSA) is 70.9 Å². The number of aryl methyl sites for hydroxylation is 1. The highest BCUT2D eigenvalue weighted by Crippen LogP contribution is 2.07. The van der Waals surface area contributed by atoms with Crippen LogP contribution >= 0.6 is 0 Å². The molecule has 0 aliphatic rings. The first-order chi connectivity index (χ1) is 8.25. The molecule has 17 heavy (non-hydrogen) atoms. The van der Waals surface area contributed by atoms with E-state index in [0.29, 0.717) is 12.8 Å². The molecular formula is C12H15N3O2. The normalized spacial score (nSPS) is 12.3. The fourth-order valence-corrected chi connectivity index (χ4v) is 1.59. The third kappa shape index (κ3) is 3.21. The lowest BCUT2D eigenvalue weighted by Crippen LogP contribution is -2.27. The van der Waals surface area contributed by atoms with Crippen molar-refractivity contribution in [1.29, 1.82) is 0 Å². The number of furan rings is 1. The summed E-state index contributed by atoms with van der Waals surface area (Å²) in [7, 11) is 0. The molecule has 5 nitrogen and oxygen atoms in total. The molecule has 5 heteroatoms. The first-order valence-electron chi connectivity index (χ1n) is 5.56. The van der Waals surface area contributed by atoms with E-state index >= 15 is 0 Å². The van der Waals surface area contributed by atoms with E-state index in [2.05, 4.69) is 15.3 Å². The fraction of sp³-hybridized carbons (Fsp3) is 0.333. The number of aromatic amines is 1. The van der Waals surface area contributed by atoms with E-state index in [-0.39, 0.29) is 11.9 Å². The lowest BCUT2D eigenvalue weighted by Gasteiger charge is -2.10. The molecule has 0 bridgehead atoms. The molecule has 0 radical (unpaired) electrons. The Hall–Kier alpha value is -2.04. The largest absolute Gasteiger partial charge is 0.469 e. The van der Waals surface area contributed by atoms with E-state index in [4.69, 9.17) is 4.42 Å². The van der Waals surface area contributed by atoms with Crippen molar-refractivity contribution in [3.05, 3.63) is 42.4 Å². The number of rotatable bonds is 5. The quantitative estimate of drug-likeness (QED) is 0.827. The van der Waals surface area contributed by atoms with Crippen LogP contribution in [0.5, 0.6) is 0 Å². The van der Waals surface area contributed by atoms with E-state index in [1.807, 2.05) is 19.1 Å². The van der Waals surface area contributed by atoms with Crippen LogP contribution in [0.25, 0.3) is 0 Å². The smallest absolute Gasteiger partial charge is 0.221 e. The maximum atomic E-state index is 11.6. The van der Waals surface area contributed by atoms with Crippen LogP contribution in [0.1, 0.15) is 31.0 Å². The zero-order chi connectivity index (χ0) is 12.1. The van der Waals surface area contributed by atoms with Gasteiger partial charge in [-0.15, -0.1) is 0 Å². The van der Waals surface area contributed by atoms with Gasteiger partial charge in [0.25, 0.3) is 0 Å². The highest BCUT2D eigenvalue weighted by Gasteiger charge is 2.11. The van der Waals surface area contributed by atoms with Gasteiger partial charge in [-0.1, -0.05) is 0 Å². The summed E-state index contributed by atoms with van der Waals surface area (Å²) in [4.78, 5) is 18.7. The van der Waals surface area contributed by atoms with Crippen LogP contribution in [0.3, 0.4) is 0 Å². The van der Waals surface area contributed by atoms with E-state index < -0.39 is 0 Å². The van der Waals surface area contributed by atoms with Crippen molar-refractivity contribution in [1.82, 2.24) is 15.3 Å². The lowest BCUT2D eigenvalue weighted by molar-refractivity contribution is -0.121. The van der Waals surface area contributed by atoms with Gasteiger partial charge in [0.1, 0.15) is 11.6 Å². The van der Waals surface area contributed by atoms with Crippen molar-refractivity contribution in [2.24, 2.45) is 0 Å². The molecule has 0 aliphatic carbocycles. The summed E-state index contributed by atoms with van der Waals surface area (Å²) in [6.45, 7) is 1.89. The van der Waals surface area contributed by atoms with Crippen LogP contribution in [0.15, 0.2) is 35.2 Å². The minimum atomic E-state index is -0.103. The second-order valence-corrected chi connectivity index (χ2v) is 3.84. The Balaban J connectivity index is 1.77. The van der Waals surface area contributed by atoms with Gasteiger partial charge in [0.15, 0.2) is 0 Å². The van der Waals surface area contributed by atoms with Gasteiger partial charge in [-0.25, -0.2) is 4.98 Å². The van der Waals surface area contributed by atoms with E-state index in [0.717, 1.165) is 11.6 Å². The van der Waals surface area contributed by atoms with Crippen molar-refractivity contribution in [3.63, 3.8) is 0 Å². The van der Waals surface area contributed by atoms with Crippen molar-refractivity contribution in [2.75, 3.05) is 0 Å². The Morgan fingerprint density at radius 2 is 2.53 bits per heavy atom. The van der Waals surface area contributed by atoms with Gasteiger partial charge >= 0.3 is 0 Å². The Bertz CT molecular complexity index is 448. The monoisotopic (exact) mass is 233 g/mol. The highest BCUT2D eigenvalue weighted by molar-refractivity contribution is 5.76. The number of hydrogen-bond donors (Lipinski definition) is 2. The molecule has 2 rings (SSSR count). The Morgan fingerprint density at radius 1 is 1.65 bits per heavy atom. The third-order valence-electron chi connectivity index (χ3n) is 2.49. The van der Waals surface area contributed by atoms with Crippen molar-refractivity contribution in [2.45, 2.75) is 25.8 Å². The van der Waals surface area contributed by atoms with Gasteiger partial charge in [-0.2, -0.15) is 0 Å². The molecule has 0 fully saturated rings. The Labute approximate surface area is 99.2 Å². The summed E-state index contributed by atoms with van der Waals surface area (Å²) >= 11 is 0. The van der Waals surface area contributed by atoms with E-state index in [1.165, 1.54) is 0 Å². The molecular weight excluding hydrogens is 218 g/mol. The van der Waals surface area contributed by atoms with Crippen LogP contribution < -0.4 is 5.32 Å². The molecule has 0 aromatic carbocycles. The van der Waals surface area contributed by atoms with Gasteiger partial charge in [0.2, 0.25) is 5.91 Å². The predicted octanol–water partition coefficient (Wildman–Crippen LogP) is 1.81. The van der Waals surface area contributed by atoms with Gasteiger partial charge in [0.05, 0.1) is 12.3 Å². The van der Waals surface area contributed by atoms with Crippen LogP contribution in [-0.4, -0.2) is 15.9 Å². The second-order valence-electron chi connectivity index (χ2n) is 3.84. The number of imidazole rings is 1. The number of carbonyl (C=O) groups is 1. The zero-order valence-electron chi connectivity index (χ0n) is 9.64. The van der Waals surface area contributed by atoms with Gasteiger partial charge in [-0.05, 0) is 19.1 Å². The number of aromatic nitrogens is 2. The SMILES string of the molecule is CC(NC(=O)CCc1ccco1)c1ncc[nH]1. The number of nitrogens with one attached hydrogen (secondary N) is 2. The zero-order valence-corrected chi connectivity index (χ0v) is 9.64. The van der Waals surface area contributed by atoms with Crippen LogP contribution in [0.4, 0.5) is 0 Å². The van der Waals surface area contributed by atoms with Crippen molar-refractivity contribution >= 4 is 5.91 Å². The molecule has 0 saturated heterocycles. The lowest BCUT2D eigenvalue weighted by atomic mass is 10.2. The van der Waals surface area contributed by atoms with Gasteiger partial charge in [0, 0.05) is 25.2 Å². The first kappa shape index (κ1) is 11.4. The number of carbonyl (C=O) groups excluding carboxylic acids is 1. The van der Waals surface area contributed by atoms with Crippen LogP contribution in [0.2, 0.25) is 0 Å². The van der Waals surface area contributed by atoms with E-state index in [1.54, 1.807) is 18.7 Å². The van der Waals surface area contributed by atoms with Crippen LogP contribution in [-0.2, 0) is 11.2 Å². The summed E-state index contributed by atoms with van der Waals surface area (Å²) in [6, 6.07) is 3.58. The first-order valence-corrected chi connectivity index (χ1v) is 5.56. The van der Waals surface area contributed by atoms with Crippen molar-refractivity contribution < 1.29 is 9.21 Å². The molecule has 0 aliphatic heterocycles. The van der Waals surface area contributed by atoms with Crippen molar-refractivity contribution in [3.8, 4) is 0 Å². The maximum Gasteiger partial charge on any atom is 0.221 e. The molecule has 2 heterocycles. The van der Waals surface area contributed by atoms with Crippen LogP contribution in [0, 0.1) is 0 Å². The third-order valence-corrected chi connectivity index (χ3v) is 2.49. The summed E-state index contributed by atoms with van der Waals surface area (Å²) in [5, 5.41) is 2.87. The molecule has 1 unspecified atom stereocenters. The Kier molecular flexibility index (Phi) is 3.59. The minimum Gasteiger partial charge on any atom is -0.469 e. The number of H-pyrrole nitrogens is 1. The van der Waals surface area contributed by atoms with E-state index in [9.17, 15) is 4.79 Å².